The van der Waals surface area contributed by atoms with Gasteiger partial charge in [0.15, 0.2) is 9.84 Å². The summed E-state index contributed by atoms with van der Waals surface area (Å²) in [5, 5.41) is 0.496. The highest BCUT2D eigenvalue weighted by atomic mass is 32.2. The number of rotatable bonds is 3. The Bertz CT molecular complexity index is 1200. The van der Waals surface area contributed by atoms with Gasteiger partial charge in [0.25, 0.3) is 11.5 Å². The third-order valence-corrected chi connectivity index (χ3v) is 8.73. The van der Waals surface area contributed by atoms with E-state index in [1.54, 1.807) is 29.8 Å². The second kappa shape index (κ2) is 7.70. The zero-order valence-corrected chi connectivity index (χ0v) is 19.4. The van der Waals surface area contributed by atoms with Crippen LogP contribution in [0.1, 0.15) is 43.4 Å². The summed E-state index contributed by atoms with van der Waals surface area (Å²) in [6, 6.07) is 5.37. The van der Waals surface area contributed by atoms with Crippen LogP contribution in [0.25, 0.3) is 10.9 Å². The Morgan fingerprint density at radius 3 is 2.61 bits per heavy atom. The number of benzene rings is 1. The van der Waals surface area contributed by atoms with Gasteiger partial charge in [0, 0.05) is 44.7 Å². The van der Waals surface area contributed by atoms with Crippen molar-refractivity contribution in [2.75, 3.05) is 31.6 Å². The summed E-state index contributed by atoms with van der Waals surface area (Å²) < 4.78 is 25.7. The Morgan fingerprint density at radius 1 is 1.23 bits per heavy atom. The Hall–Kier alpha value is -2.26. The Balaban J connectivity index is 1.68. The van der Waals surface area contributed by atoms with Gasteiger partial charge >= 0.3 is 0 Å². The predicted octanol–water partition coefficient (Wildman–Crippen LogP) is 1.31. The van der Waals surface area contributed by atoms with Crippen LogP contribution >= 0.6 is 0 Å². The predicted molar refractivity (Wildman–Crippen MR) is 120 cm³/mol. The number of carbonyl (C=O) groups is 1. The molecule has 168 valence electrons. The summed E-state index contributed by atoms with van der Waals surface area (Å²) in [5.74, 6) is 0.545. The minimum absolute atomic E-state index is 0.0325. The van der Waals surface area contributed by atoms with E-state index in [2.05, 4.69) is 18.7 Å². The monoisotopic (exact) mass is 446 g/mol. The van der Waals surface area contributed by atoms with Crippen LogP contribution in [0.15, 0.2) is 23.0 Å². The second-order valence-electron chi connectivity index (χ2n) is 9.30. The van der Waals surface area contributed by atoms with Crippen molar-refractivity contribution in [3.05, 3.63) is 39.9 Å². The van der Waals surface area contributed by atoms with E-state index in [9.17, 15) is 18.0 Å². The number of fused-ring (bicyclic) bond motifs is 2. The first-order valence-electron chi connectivity index (χ1n) is 10.8. The van der Waals surface area contributed by atoms with Gasteiger partial charge in [0.1, 0.15) is 5.82 Å². The van der Waals surface area contributed by atoms with Gasteiger partial charge in [-0.1, -0.05) is 0 Å². The molecule has 0 bridgehead atoms. The van der Waals surface area contributed by atoms with Crippen molar-refractivity contribution >= 4 is 26.6 Å². The highest BCUT2D eigenvalue weighted by Gasteiger charge is 2.43. The fraction of sp³-hybridized carbons (Fsp3) is 0.591. The molecule has 0 spiro atoms. The maximum absolute atomic E-state index is 13.2. The summed E-state index contributed by atoms with van der Waals surface area (Å²) in [7, 11) is -1.49. The minimum atomic E-state index is -3.13. The smallest absolute Gasteiger partial charge is 0.261 e. The number of carbonyl (C=O) groups excluding carboxylic acids is 1. The van der Waals surface area contributed by atoms with Crippen LogP contribution in [0, 0.1) is 0 Å². The molecule has 1 atom stereocenters. The molecule has 1 saturated heterocycles. The zero-order valence-electron chi connectivity index (χ0n) is 18.6. The van der Waals surface area contributed by atoms with Crippen LogP contribution in [0.2, 0.25) is 0 Å². The quantitative estimate of drug-likeness (QED) is 0.706. The normalized spacial score (nSPS) is 23.6. The molecule has 31 heavy (non-hydrogen) atoms. The molecule has 8 nitrogen and oxygen atoms in total. The minimum Gasteiger partial charge on any atom is -0.335 e. The maximum atomic E-state index is 13.2. The van der Waals surface area contributed by atoms with Crippen LogP contribution in [0.5, 0.6) is 0 Å². The molecule has 2 aliphatic heterocycles. The van der Waals surface area contributed by atoms with E-state index >= 15 is 0 Å². The molecular weight excluding hydrogens is 416 g/mol. The van der Waals surface area contributed by atoms with Gasteiger partial charge in [0.2, 0.25) is 0 Å². The first-order chi connectivity index (χ1) is 14.5. The fourth-order valence-electron chi connectivity index (χ4n) is 4.62. The maximum Gasteiger partial charge on any atom is 0.261 e. The van der Waals surface area contributed by atoms with Gasteiger partial charge in [0.05, 0.1) is 27.9 Å². The molecule has 1 fully saturated rings. The van der Waals surface area contributed by atoms with Crippen LogP contribution in [-0.4, -0.2) is 76.9 Å². The van der Waals surface area contributed by atoms with Crippen molar-refractivity contribution in [1.29, 1.82) is 0 Å². The van der Waals surface area contributed by atoms with Gasteiger partial charge in [-0.15, -0.1) is 0 Å². The highest BCUT2D eigenvalue weighted by molar-refractivity contribution is 7.91. The van der Waals surface area contributed by atoms with Crippen molar-refractivity contribution in [3.8, 4) is 0 Å². The lowest BCUT2D eigenvalue weighted by molar-refractivity contribution is 0.0638. The molecule has 0 unspecified atom stereocenters. The Labute approximate surface area is 182 Å². The summed E-state index contributed by atoms with van der Waals surface area (Å²) in [6.45, 7) is 8.35. The molecule has 1 aromatic carbocycles. The molecule has 1 amide bonds. The van der Waals surface area contributed by atoms with Crippen molar-refractivity contribution in [2.45, 2.75) is 51.7 Å². The average Bonchev–Trinajstić information content (AvgIpc) is 2.88. The van der Waals surface area contributed by atoms with Crippen LogP contribution in [0.4, 0.5) is 0 Å². The number of hydrogen-bond donors (Lipinski definition) is 0. The largest absolute Gasteiger partial charge is 0.335 e. The van der Waals surface area contributed by atoms with Crippen molar-refractivity contribution in [1.82, 2.24) is 19.4 Å². The van der Waals surface area contributed by atoms with E-state index < -0.39 is 15.4 Å². The topological polar surface area (TPSA) is 92.6 Å². The van der Waals surface area contributed by atoms with Gasteiger partial charge in [-0.2, -0.15) is 0 Å². The third-order valence-electron chi connectivity index (χ3n) is 6.84. The average molecular weight is 447 g/mol. The van der Waals surface area contributed by atoms with Crippen molar-refractivity contribution < 1.29 is 13.2 Å². The lowest BCUT2D eigenvalue weighted by atomic mass is 9.98. The molecular formula is C22H30N4O4S. The van der Waals surface area contributed by atoms with Gasteiger partial charge in [-0.25, -0.2) is 13.4 Å². The van der Waals surface area contributed by atoms with E-state index in [0.717, 1.165) is 18.9 Å². The molecule has 1 aromatic heterocycles. The first-order valence-corrected chi connectivity index (χ1v) is 12.6. The number of sulfone groups is 1. The Morgan fingerprint density at radius 2 is 1.97 bits per heavy atom. The standard InChI is InChI=1S/C22H30N4O4S/c1-15(2)25-9-7-19-23-18-13-16(5-6-17(18)21(28)26(19)11-10-25)20(27)24(4)22(3)8-12-31(29,30)14-22/h5-6,13,15H,7-12,14H2,1-4H3/t22-/m1/s1. The first kappa shape index (κ1) is 22.0. The molecule has 2 aliphatic rings. The zero-order chi connectivity index (χ0) is 22.6. The highest BCUT2D eigenvalue weighted by Crippen LogP contribution is 2.30. The number of aromatic nitrogens is 2. The lowest BCUT2D eigenvalue weighted by Gasteiger charge is -2.34. The summed E-state index contributed by atoms with van der Waals surface area (Å²) in [4.78, 5) is 34.8. The third kappa shape index (κ3) is 4.01. The fourth-order valence-corrected chi connectivity index (χ4v) is 6.80. The van der Waals surface area contributed by atoms with Gasteiger partial charge in [-0.3, -0.25) is 19.1 Å². The van der Waals surface area contributed by atoms with Crippen molar-refractivity contribution in [3.63, 3.8) is 0 Å². The number of hydrogen-bond acceptors (Lipinski definition) is 6. The van der Waals surface area contributed by atoms with E-state index in [-0.39, 0.29) is 23.0 Å². The molecule has 3 heterocycles. The van der Waals surface area contributed by atoms with Crippen LogP contribution in [-0.2, 0) is 22.8 Å². The van der Waals surface area contributed by atoms with Crippen molar-refractivity contribution in [2.24, 2.45) is 0 Å². The summed E-state index contributed by atoms with van der Waals surface area (Å²) in [6.07, 6.45) is 1.10. The number of amides is 1. The summed E-state index contributed by atoms with van der Waals surface area (Å²) in [5.41, 5.74) is 0.116. The van der Waals surface area contributed by atoms with E-state index in [0.29, 0.717) is 41.9 Å². The molecule has 0 radical (unpaired) electrons. The van der Waals surface area contributed by atoms with Crippen LogP contribution in [0.3, 0.4) is 0 Å². The van der Waals surface area contributed by atoms with E-state index in [4.69, 9.17) is 4.98 Å². The molecule has 2 aromatic rings. The van der Waals surface area contributed by atoms with Gasteiger partial charge in [-0.05, 0) is 45.4 Å². The Kier molecular flexibility index (Phi) is 5.46. The lowest BCUT2D eigenvalue weighted by Crippen LogP contribution is -2.48. The van der Waals surface area contributed by atoms with Crippen LogP contribution < -0.4 is 5.56 Å². The SMILES string of the molecule is CC(C)N1CCc2nc3cc(C(=O)N(C)[C@]4(C)CCS(=O)(=O)C4)ccc3c(=O)n2CC1. The summed E-state index contributed by atoms with van der Waals surface area (Å²) >= 11 is 0. The number of nitrogens with zero attached hydrogens (tertiary/aromatic N) is 4. The van der Waals surface area contributed by atoms with Gasteiger partial charge < -0.3 is 4.90 Å². The molecule has 0 saturated carbocycles. The van der Waals surface area contributed by atoms with E-state index in [1.165, 1.54) is 4.90 Å². The molecule has 0 aliphatic carbocycles. The molecule has 0 N–H and O–H groups in total. The second-order valence-corrected chi connectivity index (χ2v) is 11.5. The molecule has 4 rings (SSSR count). The molecule has 9 heteroatoms. The van der Waals surface area contributed by atoms with E-state index in [1.807, 2.05) is 6.92 Å².